The van der Waals surface area contributed by atoms with E-state index in [9.17, 15) is 4.39 Å². The molecule has 1 fully saturated rings. The molecule has 4 nitrogen and oxygen atoms in total. The lowest BCUT2D eigenvalue weighted by Gasteiger charge is -2.42. The van der Waals surface area contributed by atoms with E-state index in [1.807, 2.05) is 0 Å². The lowest BCUT2D eigenvalue weighted by Crippen LogP contribution is -2.49. The summed E-state index contributed by atoms with van der Waals surface area (Å²) in [5.74, 6) is 0.362. The maximum Gasteiger partial charge on any atom is 0.146 e. The van der Waals surface area contributed by atoms with Gasteiger partial charge in [0.2, 0.25) is 0 Å². The molecule has 2 atom stereocenters. The van der Waals surface area contributed by atoms with Crippen molar-refractivity contribution < 1.29 is 13.9 Å². The van der Waals surface area contributed by atoms with Crippen LogP contribution >= 0.6 is 0 Å². The molecule has 0 radical (unpaired) electrons. The van der Waals surface area contributed by atoms with Gasteiger partial charge in [0.25, 0.3) is 0 Å². The van der Waals surface area contributed by atoms with Crippen molar-refractivity contribution in [3.05, 3.63) is 71.7 Å². The van der Waals surface area contributed by atoms with Crippen LogP contribution in [0.4, 0.5) is 4.39 Å². The molecule has 28 heavy (non-hydrogen) atoms. The number of nitrogens with zero attached hydrogens (tertiary/aromatic N) is 2. The molecule has 2 aliphatic rings. The lowest BCUT2D eigenvalue weighted by atomic mass is 9.84. The summed E-state index contributed by atoms with van der Waals surface area (Å²) in [6, 6.07) is 15.4. The van der Waals surface area contributed by atoms with Gasteiger partial charge in [0.15, 0.2) is 0 Å². The maximum absolute atomic E-state index is 14.2. The molecule has 144 valence electrons. The first kappa shape index (κ1) is 17.6. The summed E-state index contributed by atoms with van der Waals surface area (Å²) in [6.45, 7) is 3.34. The third-order valence-corrected chi connectivity index (χ3v) is 5.87. The van der Waals surface area contributed by atoms with Crippen LogP contribution in [0.3, 0.4) is 0 Å². The van der Waals surface area contributed by atoms with E-state index < -0.39 is 0 Å². The molecule has 1 aliphatic carbocycles. The van der Waals surface area contributed by atoms with Crippen LogP contribution in [0.25, 0.3) is 10.9 Å². The number of fused-ring (bicyclic) bond motifs is 2. The molecule has 5 rings (SSSR count). The molecule has 0 N–H and O–H groups in total. The van der Waals surface area contributed by atoms with Crippen LogP contribution in [0.2, 0.25) is 0 Å². The zero-order valence-electron chi connectivity index (χ0n) is 15.7. The fourth-order valence-corrected chi connectivity index (χ4v) is 4.47. The zero-order chi connectivity index (χ0) is 18.9. The van der Waals surface area contributed by atoms with Gasteiger partial charge < -0.3 is 9.47 Å². The van der Waals surface area contributed by atoms with Gasteiger partial charge >= 0.3 is 0 Å². The first-order valence-electron chi connectivity index (χ1n) is 9.91. The number of rotatable bonds is 3. The predicted molar refractivity (Wildman–Crippen MR) is 106 cm³/mol. The van der Waals surface area contributed by atoms with Gasteiger partial charge in [0, 0.05) is 24.7 Å². The Kier molecular flexibility index (Phi) is 4.71. The zero-order valence-corrected chi connectivity index (χ0v) is 15.7. The van der Waals surface area contributed by atoms with E-state index in [2.05, 4.69) is 34.1 Å². The van der Waals surface area contributed by atoms with Gasteiger partial charge in [0.1, 0.15) is 23.2 Å². The van der Waals surface area contributed by atoms with Crippen molar-refractivity contribution >= 4 is 10.9 Å². The van der Waals surface area contributed by atoms with E-state index in [0.717, 1.165) is 39.1 Å². The summed E-state index contributed by atoms with van der Waals surface area (Å²) in [5, 5.41) is 0.493. The van der Waals surface area contributed by atoms with Crippen LogP contribution in [-0.4, -0.2) is 42.2 Å². The Morgan fingerprint density at radius 3 is 2.79 bits per heavy atom. The average Bonchev–Trinajstić information content (AvgIpc) is 2.76. The summed E-state index contributed by atoms with van der Waals surface area (Å²) in [6.07, 6.45) is 3.65. The van der Waals surface area contributed by atoms with E-state index in [-0.39, 0.29) is 18.0 Å². The molecule has 1 aliphatic heterocycles. The molecule has 0 saturated carbocycles. The van der Waals surface area contributed by atoms with Crippen LogP contribution in [-0.2, 0) is 11.2 Å². The molecule has 2 aromatic carbocycles. The standard InChI is InChI=1S/C23H23FN2O2/c24-19-8-10-21(22-18(19)6-3-11-25-22)28-23-17-5-2-1-4-16(17)7-9-20(23)26-12-14-27-15-13-26/h1-6,8,10-11,20,23H,7,9,12-15H2/t20-,23-/m0/s1. The second-order valence-electron chi connectivity index (χ2n) is 7.44. The quantitative estimate of drug-likeness (QED) is 0.686. The van der Waals surface area contributed by atoms with Gasteiger partial charge in [-0.2, -0.15) is 0 Å². The van der Waals surface area contributed by atoms with E-state index >= 15 is 0 Å². The number of morpholine rings is 1. The van der Waals surface area contributed by atoms with Crippen molar-refractivity contribution in [1.82, 2.24) is 9.88 Å². The maximum atomic E-state index is 14.2. The van der Waals surface area contributed by atoms with Crippen molar-refractivity contribution in [3.8, 4) is 5.75 Å². The van der Waals surface area contributed by atoms with Gasteiger partial charge in [-0.15, -0.1) is 0 Å². The van der Waals surface area contributed by atoms with E-state index in [0.29, 0.717) is 16.7 Å². The summed E-state index contributed by atoms with van der Waals surface area (Å²) in [7, 11) is 0. The largest absolute Gasteiger partial charge is 0.482 e. The SMILES string of the molecule is Fc1ccc(O[C@H]2c3ccccc3CC[C@@H]2N2CCOCC2)c2ncccc12. The second kappa shape index (κ2) is 7.49. The van der Waals surface area contributed by atoms with Crippen LogP contribution in [0.5, 0.6) is 5.75 Å². The highest BCUT2D eigenvalue weighted by molar-refractivity contribution is 5.84. The average molecular weight is 378 g/mol. The number of hydrogen-bond acceptors (Lipinski definition) is 4. The van der Waals surface area contributed by atoms with Crippen molar-refractivity contribution in [2.75, 3.05) is 26.3 Å². The Morgan fingerprint density at radius 1 is 1.04 bits per heavy atom. The summed E-state index contributed by atoms with van der Waals surface area (Å²) in [4.78, 5) is 6.88. The number of aromatic nitrogens is 1. The molecule has 2 heterocycles. The van der Waals surface area contributed by atoms with Gasteiger partial charge in [-0.3, -0.25) is 9.88 Å². The minimum absolute atomic E-state index is 0.112. The van der Waals surface area contributed by atoms with Gasteiger partial charge in [-0.25, -0.2) is 4.39 Å². The number of hydrogen-bond donors (Lipinski definition) is 0. The highest BCUT2D eigenvalue weighted by atomic mass is 19.1. The topological polar surface area (TPSA) is 34.6 Å². The Hall–Kier alpha value is -2.50. The molecular weight excluding hydrogens is 355 g/mol. The van der Waals surface area contributed by atoms with E-state index in [4.69, 9.17) is 9.47 Å². The summed E-state index contributed by atoms with van der Waals surface area (Å²) < 4.78 is 26.4. The minimum Gasteiger partial charge on any atom is -0.482 e. The molecule has 0 bridgehead atoms. The third kappa shape index (κ3) is 3.15. The number of benzene rings is 2. The Morgan fingerprint density at radius 2 is 1.89 bits per heavy atom. The van der Waals surface area contributed by atoms with Crippen LogP contribution < -0.4 is 4.74 Å². The van der Waals surface area contributed by atoms with E-state index in [1.165, 1.54) is 17.2 Å². The van der Waals surface area contributed by atoms with Crippen molar-refractivity contribution in [2.24, 2.45) is 0 Å². The first-order chi connectivity index (χ1) is 13.8. The number of pyridine rings is 1. The van der Waals surface area contributed by atoms with Gasteiger partial charge in [-0.05, 0) is 48.2 Å². The number of aryl methyl sites for hydroxylation is 1. The molecule has 0 spiro atoms. The lowest BCUT2D eigenvalue weighted by molar-refractivity contribution is -0.0212. The predicted octanol–water partition coefficient (Wildman–Crippen LogP) is 4.14. The fourth-order valence-electron chi connectivity index (χ4n) is 4.47. The molecule has 0 unspecified atom stereocenters. The smallest absolute Gasteiger partial charge is 0.146 e. The molecule has 1 aromatic heterocycles. The highest BCUT2D eigenvalue weighted by Crippen LogP contribution is 2.38. The van der Waals surface area contributed by atoms with Crippen molar-refractivity contribution in [2.45, 2.75) is 25.0 Å². The Balaban J connectivity index is 1.56. The van der Waals surface area contributed by atoms with Crippen LogP contribution in [0.15, 0.2) is 54.7 Å². The van der Waals surface area contributed by atoms with Crippen LogP contribution in [0.1, 0.15) is 23.7 Å². The molecular formula is C23H23FN2O2. The summed E-state index contributed by atoms with van der Waals surface area (Å²) in [5.41, 5.74) is 3.13. The molecule has 1 saturated heterocycles. The molecule has 0 amide bonds. The molecule has 3 aromatic rings. The number of halogens is 1. The normalized spacial score (nSPS) is 22.8. The van der Waals surface area contributed by atoms with Crippen molar-refractivity contribution in [1.29, 1.82) is 0 Å². The fraction of sp³-hybridized carbons (Fsp3) is 0.348. The minimum atomic E-state index is -0.274. The highest BCUT2D eigenvalue weighted by Gasteiger charge is 2.36. The number of ether oxygens (including phenoxy) is 2. The summed E-state index contributed by atoms with van der Waals surface area (Å²) >= 11 is 0. The van der Waals surface area contributed by atoms with Gasteiger partial charge in [0.05, 0.1) is 19.3 Å². The Labute approximate surface area is 163 Å². The molecule has 5 heteroatoms. The second-order valence-corrected chi connectivity index (χ2v) is 7.44. The monoisotopic (exact) mass is 378 g/mol. The third-order valence-electron chi connectivity index (χ3n) is 5.87. The first-order valence-corrected chi connectivity index (χ1v) is 9.91. The van der Waals surface area contributed by atoms with Crippen molar-refractivity contribution in [3.63, 3.8) is 0 Å². The van der Waals surface area contributed by atoms with Crippen LogP contribution in [0, 0.1) is 5.82 Å². The van der Waals surface area contributed by atoms with E-state index in [1.54, 1.807) is 24.4 Å². The van der Waals surface area contributed by atoms with Gasteiger partial charge in [-0.1, -0.05) is 24.3 Å². The Bertz CT molecular complexity index is 987.